The molecule has 4 nitrogen and oxygen atoms in total. The van der Waals surface area contributed by atoms with Crippen LogP contribution in [0.4, 0.5) is 0 Å². The average Bonchev–Trinajstić information content (AvgIpc) is 3.20. The molecule has 1 N–H and O–H groups in total. The number of hydrogen-bond donors (Lipinski definition) is 1. The molecule has 104 valence electrons. The number of methoxy groups -OCH3 is 1. The third-order valence-electron chi connectivity index (χ3n) is 3.65. The van der Waals surface area contributed by atoms with Crippen LogP contribution in [0.1, 0.15) is 31.4 Å². The fourth-order valence-corrected chi connectivity index (χ4v) is 2.28. The van der Waals surface area contributed by atoms with Gasteiger partial charge in [-0.2, -0.15) is 0 Å². The summed E-state index contributed by atoms with van der Waals surface area (Å²) in [6.07, 6.45) is 2.45. The van der Waals surface area contributed by atoms with E-state index in [-0.39, 0.29) is 12.6 Å². The molecule has 0 aromatic heterocycles. The van der Waals surface area contributed by atoms with Crippen molar-refractivity contribution in [2.24, 2.45) is 5.92 Å². The standard InChI is InChI=1S/C15H21NO3/c1-11(13-4-3-5-14(8-13)19-2)16(10-15(17)18)9-12-6-7-12/h3-5,8,11-12H,6-7,9-10H2,1-2H3,(H,17,18). The van der Waals surface area contributed by atoms with Gasteiger partial charge in [0.1, 0.15) is 5.75 Å². The molecular weight excluding hydrogens is 242 g/mol. The van der Waals surface area contributed by atoms with Crippen LogP contribution in [0.2, 0.25) is 0 Å². The molecule has 4 heteroatoms. The van der Waals surface area contributed by atoms with E-state index >= 15 is 0 Å². The Labute approximate surface area is 114 Å². The number of carbonyl (C=O) groups is 1. The van der Waals surface area contributed by atoms with Gasteiger partial charge in [-0.05, 0) is 43.4 Å². The van der Waals surface area contributed by atoms with Crippen LogP contribution in [0.15, 0.2) is 24.3 Å². The van der Waals surface area contributed by atoms with Gasteiger partial charge in [0.25, 0.3) is 0 Å². The molecule has 19 heavy (non-hydrogen) atoms. The Hall–Kier alpha value is -1.55. The number of rotatable bonds is 7. The summed E-state index contributed by atoms with van der Waals surface area (Å²) in [6.45, 7) is 3.01. The zero-order valence-corrected chi connectivity index (χ0v) is 11.5. The molecule has 1 aromatic rings. The van der Waals surface area contributed by atoms with Gasteiger partial charge in [0.05, 0.1) is 13.7 Å². The fraction of sp³-hybridized carbons (Fsp3) is 0.533. The first kappa shape index (κ1) is 13.9. The van der Waals surface area contributed by atoms with Crippen LogP contribution < -0.4 is 4.74 Å². The number of ether oxygens (including phenoxy) is 1. The molecule has 2 rings (SSSR count). The van der Waals surface area contributed by atoms with Crippen molar-refractivity contribution in [2.75, 3.05) is 20.2 Å². The van der Waals surface area contributed by atoms with Gasteiger partial charge in [-0.25, -0.2) is 0 Å². The highest BCUT2D eigenvalue weighted by molar-refractivity contribution is 5.69. The van der Waals surface area contributed by atoms with E-state index in [0.717, 1.165) is 17.9 Å². The lowest BCUT2D eigenvalue weighted by atomic mass is 10.1. The van der Waals surface area contributed by atoms with Crippen LogP contribution in [0.5, 0.6) is 5.75 Å². The Morgan fingerprint density at radius 2 is 2.26 bits per heavy atom. The minimum Gasteiger partial charge on any atom is -0.497 e. The number of carboxylic acids is 1. The van der Waals surface area contributed by atoms with Crippen molar-refractivity contribution in [1.82, 2.24) is 4.90 Å². The molecule has 1 aliphatic carbocycles. The molecule has 0 spiro atoms. The lowest BCUT2D eigenvalue weighted by molar-refractivity contribution is -0.139. The molecule has 1 aromatic carbocycles. The van der Waals surface area contributed by atoms with Crippen molar-refractivity contribution in [2.45, 2.75) is 25.8 Å². The summed E-state index contributed by atoms with van der Waals surface area (Å²) in [7, 11) is 1.64. The second-order valence-corrected chi connectivity index (χ2v) is 5.22. The van der Waals surface area contributed by atoms with Gasteiger partial charge in [0.2, 0.25) is 0 Å². The monoisotopic (exact) mass is 263 g/mol. The van der Waals surface area contributed by atoms with E-state index in [1.165, 1.54) is 12.8 Å². The van der Waals surface area contributed by atoms with Gasteiger partial charge in [0, 0.05) is 12.6 Å². The van der Waals surface area contributed by atoms with Gasteiger partial charge in [-0.1, -0.05) is 12.1 Å². The van der Waals surface area contributed by atoms with Gasteiger partial charge in [0.15, 0.2) is 0 Å². The van der Waals surface area contributed by atoms with Crippen LogP contribution in [-0.2, 0) is 4.79 Å². The maximum atomic E-state index is 11.0. The minimum absolute atomic E-state index is 0.0896. The van der Waals surface area contributed by atoms with Crippen LogP contribution in [0.25, 0.3) is 0 Å². The van der Waals surface area contributed by atoms with Crippen molar-refractivity contribution in [3.05, 3.63) is 29.8 Å². The lowest BCUT2D eigenvalue weighted by Crippen LogP contribution is -2.34. The van der Waals surface area contributed by atoms with Crippen LogP contribution >= 0.6 is 0 Å². The van der Waals surface area contributed by atoms with Crippen molar-refractivity contribution in [3.63, 3.8) is 0 Å². The second kappa shape index (κ2) is 6.06. The molecule has 0 saturated heterocycles. The van der Waals surface area contributed by atoms with E-state index in [4.69, 9.17) is 9.84 Å². The molecule has 1 fully saturated rings. The molecule has 1 aliphatic rings. The molecular formula is C15H21NO3. The first-order valence-corrected chi connectivity index (χ1v) is 6.70. The Kier molecular flexibility index (Phi) is 4.43. The maximum absolute atomic E-state index is 11.0. The second-order valence-electron chi connectivity index (χ2n) is 5.22. The summed E-state index contributed by atoms with van der Waals surface area (Å²) < 4.78 is 5.22. The Morgan fingerprint density at radius 1 is 1.53 bits per heavy atom. The molecule has 0 aliphatic heterocycles. The SMILES string of the molecule is COc1cccc(C(C)N(CC(=O)O)CC2CC2)c1. The van der Waals surface area contributed by atoms with Crippen molar-refractivity contribution in [1.29, 1.82) is 0 Å². The number of aliphatic carboxylic acids is 1. The van der Waals surface area contributed by atoms with E-state index in [2.05, 4.69) is 6.92 Å². The summed E-state index contributed by atoms with van der Waals surface area (Å²) in [5.41, 5.74) is 1.10. The number of hydrogen-bond acceptors (Lipinski definition) is 3. The molecule has 0 bridgehead atoms. The predicted octanol–water partition coefficient (Wildman–Crippen LogP) is 2.55. The molecule has 1 saturated carbocycles. The Balaban J connectivity index is 2.11. The van der Waals surface area contributed by atoms with E-state index in [0.29, 0.717) is 5.92 Å². The van der Waals surface area contributed by atoms with Gasteiger partial charge in [-0.15, -0.1) is 0 Å². The quantitative estimate of drug-likeness (QED) is 0.821. The zero-order valence-electron chi connectivity index (χ0n) is 11.5. The summed E-state index contributed by atoms with van der Waals surface area (Å²) in [5, 5.41) is 9.05. The predicted molar refractivity (Wildman–Crippen MR) is 73.3 cm³/mol. The number of carboxylic acid groups (broad SMARTS) is 1. The van der Waals surface area contributed by atoms with Crippen molar-refractivity contribution < 1.29 is 14.6 Å². The third kappa shape index (κ3) is 3.96. The highest BCUT2D eigenvalue weighted by atomic mass is 16.5. The van der Waals surface area contributed by atoms with Crippen LogP contribution in [0.3, 0.4) is 0 Å². The van der Waals surface area contributed by atoms with Gasteiger partial charge < -0.3 is 9.84 Å². The molecule has 1 unspecified atom stereocenters. The van der Waals surface area contributed by atoms with E-state index in [1.807, 2.05) is 29.2 Å². The average molecular weight is 263 g/mol. The third-order valence-corrected chi connectivity index (χ3v) is 3.65. The highest BCUT2D eigenvalue weighted by Gasteiger charge is 2.28. The summed E-state index contributed by atoms with van der Waals surface area (Å²) in [4.78, 5) is 13.0. The summed E-state index contributed by atoms with van der Waals surface area (Å²) in [6, 6.07) is 7.94. The smallest absolute Gasteiger partial charge is 0.317 e. The molecule has 1 atom stereocenters. The fourth-order valence-electron chi connectivity index (χ4n) is 2.28. The lowest BCUT2D eigenvalue weighted by Gasteiger charge is -2.28. The first-order valence-electron chi connectivity index (χ1n) is 6.70. The van der Waals surface area contributed by atoms with Crippen molar-refractivity contribution >= 4 is 5.97 Å². The highest BCUT2D eigenvalue weighted by Crippen LogP contribution is 2.33. The van der Waals surface area contributed by atoms with E-state index in [1.54, 1.807) is 7.11 Å². The largest absolute Gasteiger partial charge is 0.497 e. The van der Waals surface area contributed by atoms with E-state index < -0.39 is 5.97 Å². The first-order chi connectivity index (χ1) is 9.10. The van der Waals surface area contributed by atoms with Gasteiger partial charge >= 0.3 is 5.97 Å². The topological polar surface area (TPSA) is 49.8 Å². The number of nitrogens with zero attached hydrogens (tertiary/aromatic N) is 1. The Bertz CT molecular complexity index is 443. The summed E-state index contributed by atoms with van der Waals surface area (Å²) in [5.74, 6) is 0.717. The van der Waals surface area contributed by atoms with Crippen molar-refractivity contribution in [3.8, 4) is 5.75 Å². The number of benzene rings is 1. The molecule has 0 heterocycles. The van der Waals surface area contributed by atoms with Gasteiger partial charge in [-0.3, -0.25) is 9.69 Å². The van der Waals surface area contributed by atoms with Crippen LogP contribution in [0, 0.1) is 5.92 Å². The van der Waals surface area contributed by atoms with E-state index in [9.17, 15) is 4.79 Å². The summed E-state index contributed by atoms with van der Waals surface area (Å²) >= 11 is 0. The maximum Gasteiger partial charge on any atom is 0.317 e. The Morgan fingerprint density at radius 3 is 2.84 bits per heavy atom. The normalized spacial score (nSPS) is 16.4. The van der Waals surface area contributed by atoms with Crippen LogP contribution in [-0.4, -0.2) is 36.2 Å². The zero-order chi connectivity index (χ0) is 13.8. The minimum atomic E-state index is -0.768. The molecule has 0 amide bonds. The molecule has 0 radical (unpaired) electrons.